The molecule has 0 aromatic heterocycles. The minimum absolute atomic E-state index is 0.250. The van der Waals surface area contributed by atoms with E-state index < -0.39 is 0 Å². The molecule has 0 saturated carbocycles. The summed E-state index contributed by atoms with van der Waals surface area (Å²) in [4.78, 5) is 8.36. The molecule has 0 unspecified atom stereocenters. The van der Waals surface area contributed by atoms with Crippen molar-refractivity contribution in [2.24, 2.45) is 0 Å². The van der Waals surface area contributed by atoms with Gasteiger partial charge in [0.25, 0.3) is 6.47 Å². The molecule has 0 amide bonds. The number of carboxylic acid groups (broad SMARTS) is 1. The van der Waals surface area contributed by atoms with E-state index in [4.69, 9.17) is 9.90 Å². The predicted molar refractivity (Wildman–Crippen MR) is 49.2 cm³/mol. The Morgan fingerprint density at radius 2 is 1.50 bits per heavy atom. The molecule has 0 aromatic rings. The molecule has 1 aliphatic carbocycles. The van der Waals surface area contributed by atoms with E-state index in [-0.39, 0.29) is 6.47 Å². The molecule has 1 rings (SSSR count). The molecule has 0 bridgehead atoms. The first-order valence-electron chi connectivity index (χ1n) is 3.96. The first-order chi connectivity index (χ1) is 5.83. The van der Waals surface area contributed by atoms with Gasteiger partial charge in [0.05, 0.1) is 0 Å². The summed E-state index contributed by atoms with van der Waals surface area (Å²) in [5.74, 6) is 0. The van der Waals surface area contributed by atoms with Crippen LogP contribution in [0.2, 0.25) is 0 Å². The van der Waals surface area contributed by atoms with Crippen LogP contribution in [0, 0.1) is 0 Å². The van der Waals surface area contributed by atoms with Gasteiger partial charge in [-0.15, -0.1) is 0 Å². The molecular formula is C9H18O3. The molecule has 72 valence electrons. The van der Waals surface area contributed by atoms with Crippen LogP contribution >= 0.6 is 0 Å². The maximum atomic E-state index is 8.36. The van der Waals surface area contributed by atoms with Gasteiger partial charge in [-0.2, -0.15) is 0 Å². The lowest BCUT2D eigenvalue weighted by molar-refractivity contribution is -0.122. The summed E-state index contributed by atoms with van der Waals surface area (Å²) < 4.78 is 4.25. The molecule has 3 nitrogen and oxygen atoms in total. The van der Waals surface area contributed by atoms with Crippen LogP contribution in [-0.4, -0.2) is 25.8 Å². The molecule has 0 aromatic carbocycles. The summed E-state index contributed by atoms with van der Waals surface area (Å²) in [6.07, 6.45) is 10.0. The van der Waals surface area contributed by atoms with Crippen LogP contribution in [0.5, 0.6) is 0 Å². The van der Waals surface area contributed by atoms with Gasteiger partial charge >= 0.3 is 0 Å². The third-order valence-electron chi connectivity index (χ3n) is 1.16. The lowest BCUT2D eigenvalue weighted by Gasteiger charge is -1.97. The number of hydrogen-bond donors (Lipinski definition) is 1. The van der Waals surface area contributed by atoms with E-state index in [1.54, 1.807) is 14.2 Å². The molecule has 0 spiro atoms. The van der Waals surface area contributed by atoms with Crippen LogP contribution in [-0.2, 0) is 9.53 Å². The van der Waals surface area contributed by atoms with Crippen molar-refractivity contribution in [2.75, 3.05) is 14.2 Å². The van der Waals surface area contributed by atoms with Crippen LogP contribution in [0.3, 0.4) is 0 Å². The van der Waals surface area contributed by atoms with Crippen molar-refractivity contribution in [2.45, 2.75) is 25.7 Å². The van der Waals surface area contributed by atoms with Crippen LogP contribution in [0.25, 0.3) is 0 Å². The number of rotatable bonds is 0. The van der Waals surface area contributed by atoms with E-state index in [0.29, 0.717) is 0 Å². The fraction of sp³-hybridized carbons (Fsp3) is 0.667. The molecule has 0 saturated heterocycles. The second-order valence-corrected chi connectivity index (χ2v) is 2.27. The first kappa shape index (κ1) is 13.7. The van der Waals surface area contributed by atoms with Crippen LogP contribution in [0.15, 0.2) is 12.2 Å². The Morgan fingerprint density at radius 3 is 1.58 bits per heavy atom. The van der Waals surface area contributed by atoms with E-state index in [1.165, 1.54) is 25.7 Å². The Bertz CT molecular complexity index is 91.9. The number of ether oxygens (including phenoxy) is 1. The van der Waals surface area contributed by atoms with Gasteiger partial charge in [0, 0.05) is 14.2 Å². The van der Waals surface area contributed by atoms with Gasteiger partial charge in [-0.1, -0.05) is 12.2 Å². The fourth-order valence-electron chi connectivity index (χ4n) is 0.760. The smallest absolute Gasteiger partial charge is 0.290 e. The monoisotopic (exact) mass is 174 g/mol. The van der Waals surface area contributed by atoms with Crippen molar-refractivity contribution in [3.8, 4) is 0 Å². The van der Waals surface area contributed by atoms with Gasteiger partial charge in [0.15, 0.2) is 0 Å². The second-order valence-electron chi connectivity index (χ2n) is 2.27. The van der Waals surface area contributed by atoms with Crippen molar-refractivity contribution >= 4 is 6.47 Å². The van der Waals surface area contributed by atoms with E-state index in [0.717, 1.165) is 0 Å². The zero-order valence-electron chi connectivity index (χ0n) is 7.82. The van der Waals surface area contributed by atoms with Crippen LogP contribution < -0.4 is 0 Å². The standard InChI is InChI=1S/C6H10.C2H6O.CH2O2/c1-2-4-6-5-3-1;1-3-2;2-1-3/h1-2H,3-6H2;1-2H3;1H,(H,2,3). The van der Waals surface area contributed by atoms with E-state index >= 15 is 0 Å². The van der Waals surface area contributed by atoms with Gasteiger partial charge in [-0.05, 0) is 25.7 Å². The molecule has 0 aliphatic heterocycles. The van der Waals surface area contributed by atoms with Crippen molar-refractivity contribution < 1.29 is 14.6 Å². The molecular weight excluding hydrogens is 156 g/mol. The summed E-state index contributed by atoms with van der Waals surface area (Å²) in [5, 5.41) is 6.89. The Morgan fingerprint density at radius 1 is 1.25 bits per heavy atom. The van der Waals surface area contributed by atoms with Gasteiger partial charge in [-0.25, -0.2) is 0 Å². The fourth-order valence-corrected chi connectivity index (χ4v) is 0.760. The Labute approximate surface area is 74.0 Å². The topological polar surface area (TPSA) is 46.5 Å². The quantitative estimate of drug-likeness (QED) is 0.451. The normalized spacial score (nSPS) is 13.2. The van der Waals surface area contributed by atoms with E-state index in [1.807, 2.05) is 0 Å². The summed E-state index contributed by atoms with van der Waals surface area (Å²) >= 11 is 0. The van der Waals surface area contributed by atoms with Crippen molar-refractivity contribution in [1.29, 1.82) is 0 Å². The minimum Gasteiger partial charge on any atom is -0.483 e. The highest BCUT2D eigenvalue weighted by molar-refractivity contribution is 5.32. The van der Waals surface area contributed by atoms with Gasteiger partial charge in [-0.3, -0.25) is 4.79 Å². The summed E-state index contributed by atoms with van der Waals surface area (Å²) in [5.41, 5.74) is 0. The third kappa shape index (κ3) is 22.9. The SMILES string of the molecule is C1=CCCCC1.COC.O=CO. The van der Waals surface area contributed by atoms with Crippen molar-refractivity contribution in [1.82, 2.24) is 0 Å². The number of carbonyl (C=O) groups is 1. The summed E-state index contributed by atoms with van der Waals surface area (Å²) in [6.45, 7) is -0.250. The lowest BCUT2D eigenvalue weighted by Crippen LogP contribution is -1.77. The van der Waals surface area contributed by atoms with Crippen LogP contribution in [0.4, 0.5) is 0 Å². The van der Waals surface area contributed by atoms with E-state index in [2.05, 4.69) is 16.9 Å². The number of methoxy groups -OCH3 is 1. The van der Waals surface area contributed by atoms with Crippen molar-refractivity contribution in [3.05, 3.63) is 12.2 Å². The zero-order valence-corrected chi connectivity index (χ0v) is 7.82. The molecule has 3 heteroatoms. The highest BCUT2D eigenvalue weighted by Gasteiger charge is 1.87. The van der Waals surface area contributed by atoms with Crippen molar-refractivity contribution in [3.63, 3.8) is 0 Å². The maximum Gasteiger partial charge on any atom is 0.290 e. The Balaban J connectivity index is 0. The lowest BCUT2D eigenvalue weighted by atomic mass is 10.1. The maximum absolute atomic E-state index is 8.36. The summed E-state index contributed by atoms with van der Waals surface area (Å²) in [7, 11) is 3.25. The molecule has 0 heterocycles. The van der Waals surface area contributed by atoms with Crippen LogP contribution in [0.1, 0.15) is 25.7 Å². The number of hydrogen-bond acceptors (Lipinski definition) is 2. The summed E-state index contributed by atoms with van der Waals surface area (Å²) in [6, 6.07) is 0. The molecule has 0 radical (unpaired) electrons. The highest BCUT2D eigenvalue weighted by Crippen LogP contribution is 2.07. The van der Waals surface area contributed by atoms with Gasteiger partial charge in [0.1, 0.15) is 0 Å². The predicted octanol–water partition coefficient (Wildman–Crippen LogP) is 2.08. The van der Waals surface area contributed by atoms with E-state index in [9.17, 15) is 0 Å². The Hall–Kier alpha value is -0.830. The first-order valence-corrected chi connectivity index (χ1v) is 3.96. The largest absolute Gasteiger partial charge is 0.483 e. The molecule has 12 heavy (non-hydrogen) atoms. The molecule has 0 atom stereocenters. The molecule has 1 aliphatic rings. The second kappa shape index (κ2) is 16.6. The minimum atomic E-state index is -0.250. The number of allylic oxidation sites excluding steroid dienone is 2. The van der Waals surface area contributed by atoms with Gasteiger partial charge < -0.3 is 9.84 Å². The Kier molecular flexibility index (Phi) is 19.0. The average Bonchev–Trinajstić information content (AvgIpc) is 2.10. The van der Waals surface area contributed by atoms with Gasteiger partial charge in [0.2, 0.25) is 0 Å². The highest BCUT2D eigenvalue weighted by atomic mass is 16.4. The zero-order chi connectivity index (χ0) is 9.66. The average molecular weight is 174 g/mol. The molecule has 0 fully saturated rings. The third-order valence-corrected chi connectivity index (χ3v) is 1.16. The molecule has 1 N–H and O–H groups in total.